The molecular formula is C12H13BrN2O. The fourth-order valence-corrected chi connectivity index (χ4v) is 2.14. The maximum atomic E-state index is 8.94. The van der Waals surface area contributed by atoms with Crippen molar-refractivity contribution in [3.63, 3.8) is 0 Å². The lowest BCUT2D eigenvalue weighted by Crippen LogP contribution is -2.28. The van der Waals surface area contributed by atoms with E-state index in [0.29, 0.717) is 24.0 Å². The molecule has 3 nitrogen and oxygen atoms in total. The highest BCUT2D eigenvalue weighted by Gasteiger charge is 2.15. The van der Waals surface area contributed by atoms with Crippen molar-refractivity contribution < 1.29 is 4.74 Å². The van der Waals surface area contributed by atoms with E-state index < -0.39 is 0 Å². The van der Waals surface area contributed by atoms with E-state index >= 15 is 0 Å². The molecule has 0 radical (unpaired) electrons. The summed E-state index contributed by atoms with van der Waals surface area (Å²) in [5.74, 6) is 0.658. The summed E-state index contributed by atoms with van der Waals surface area (Å²) in [5, 5.41) is 12.3. The van der Waals surface area contributed by atoms with Crippen molar-refractivity contribution in [2.45, 2.75) is 18.9 Å². The summed E-state index contributed by atoms with van der Waals surface area (Å²) in [7, 11) is 0. The van der Waals surface area contributed by atoms with Crippen LogP contribution in [0.3, 0.4) is 0 Å². The van der Waals surface area contributed by atoms with E-state index in [4.69, 9.17) is 10.00 Å². The minimum atomic E-state index is 0.422. The zero-order valence-corrected chi connectivity index (χ0v) is 10.5. The fraction of sp³-hybridized carbons (Fsp3) is 0.417. The van der Waals surface area contributed by atoms with E-state index in [1.807, 2.05) is 12.1 Å². The molecule has 1 atom stereocenters. The van der Waals surface area contributed by atoms with Gasteiger partial charge in [0.15, 0.2) is 0 Å². The van der Waals surface area contributed by atoms with Crippen LogP contribution < -0.4 is 10.1 Å². The molecule has 1 aliphatic rings. The molecule has 0 bridgehead atoms. The Hall–Kier alpha value is -1.05. The highest BCUT2D eigenvalue weighted by Crippen LogP contribution is 2.23. The number of nitrogens with one attached hydrogen (secondary N) is 1. The Morgan fingerprint density at radius 2 is 2.44 bits per heavy atom. The van der Waals surface area contributed by atoms with Crippen molar-refractivity contribution >= 4 is 15.9 Å². The van der Waals surface area contributed by atoms with Crippen LogP contribution in [-0.4, -0.2) is 19.2 Å². The molecular weight excluding hydrogens is 268 g/mol. The molecule has 1 N–H and O–H groups in total. The van der Waals surface area contributed by atoms with E-state index in [2.05, 4.69) is 27.3 Å². The molecule has 1 heterocycles. The van der Waals surface area contributed by atoms with E-state index in [0.717, 1.165) is 17.4 Å². The smallest absolute Gasteiger partial charge is 0.138 e. The van der Waals surface area contributed by atoms with Crippen LogP contribution >= 0.6 is 15.9 Å². The SMILES string of the molecule is N#Cc1ccc(Br)cc1OCC1CCCN1. The van der Waals surface area contributed by atoms with Crippen molar-refractivity contribution in [3.8, 4) is 11.8 Å². The maximum Gasteiger partial charge on any atom is 0.138 e. The molecule has 0 saturated carbocycles. The van der Waals surface area contributed by atoms with Crippen LogP contribution in [0.4, 0.5) is 0 Å². The van der Waals surface area contributed by atoms with Gasteiger partial charge in [-0.3, -0.25) is 0 Å². The number of benzene rings is 1. The first kappa shape index (κ1) is 11.4. The summed E-state index contributed by atoms with van der Waals surface area (Å²) in [6.45, 7) is 1.70. The third kappa shape index (κ3) is 2.75. The predicted molar refractivity (Wildman–Crippen MR) is 65.4 cm³/mol. The number of rotatable bonds is 3. The van der Waals surface area contributed by atoms with Crippen molar-refractivity contribution in [1.82, 2.24) is 5.32 Å². The van der Waals surface area contributed by atoms with Gasteiger partial charge in [0, 0.05) is 10.5 Å². The molecule has 1 aliphatic heterocycles. The minimum Gasteiger partial charge on any atom is -0.491 e. The van der Waals surface area contributed by atoms with Gasteiger partial charge in [0.2, 0.25) is 0 Å². The minimum absolute atomic E-state index is 0.422. The molecule has 0 spiro atoms. The molecule has 0 aliphatic carbocycles. The Balaban J connectivity index is 2.02. The van der Waals surface area contributed by atoms with E-state index in [1.165, 1.54) is 6.42 Å². The fourth-order valence-electron chi connectivity index (χ4n) is 1.80. The Morgan fingerprint density at radius 1 is 1.56 bits per heavy atom. The van der Waals surface area contributed by atoms with Gasteiger partial charge >= 0.3 is 0 Å². The molecule has 16 heavy (non-hydrogen) atoms. The Morgan fingerprint density at radius 3 is 3.12 bits per heavy atom. The van der Waals surface area contributed by atoms with Gasteiger partial charge in [0.05, 0.1) is 5.56 Å². The van der Waals surface area contributed by atoms with Gasteiger partial charge in [0.1, 0.15) is 18.4 Å². The van der Waals surface area contributed by atoms with Crippen LogP contribution in [0.2, 0.25) is 0 Å². The molecule has 4 heteroatoms. The lowest BCUT2D eigenvalue weighted by atomic mass is 10.2. The molecule has 1 aromatic carbocycles. The zero-order valence-electron chi connectivity index (χ0n) is 8.87. The van der Waals surface area contributed by atoms with Crippen molar-refractivity contribution in [1.29, 1.82) is 5.26 Å². The van der Waals surface area contributed by atoms with Gasteiger partial charge < -0.3 is 10.1 Å². The van der Waals surface area contributed by atoms with E-state index in [1.54, 1.807) is 6.07 Å². The molecule has 0 amide bonds. The lowest BCUT2D eigenvalue weighted by molar-refractivity contribution is 0.276. The standard InChI is InChI=1S/C12H13BrN2O/c13-10-4-3-9(7-14)12(6-10)16-8-11-2-1-5-15-11/h3-4,6,11,15H,1-2,5,8H2. The number of ether oxygens (including phenoxy) is 1. The average molecular weight is 281 g/mol. The highest BCUT2D eigenvalue weighted by atomic mass is 79.9. The third-order valence-corrected chi connectivity index (χ3v) is 3.16. The first-order chi connectivity index (χ1) is 7.79. The van der Waals surface area contributed by atoms with E-state index in [9.17, 15) is 0 Å². The summed E-state index contributed by atoms with van der Waals surface area (Å²) >= 11 is 3.37. The van der Waals surface area contributed by atoms with Crippen LogP contribution in [0.15, 0.2) is 22.7 Å². The second kappa shape index (κ2) is 5.33. The predicted octanol–water partition coefficient (Wildman–Crippen LogP) is 2.45. The number of nitriles is 1. The molecule has 2 rings (SSSR count). The maximum absolute atomic E-state index is 8.94. The van der Waals surface area contributed by atoms with Crippen molar-refractivity contribution in [2.24, 2.45) is 0 Å². The van der Waals surface area contributed by atoms with Gasteiger partial charge in [-0.2, -0.15) is 5.26 Å². The monoisotopic (exact) mass is 280 g/mol. The number of hydrogen-bond acceptors (Lipinski definition) is 3. The van der Waals surface area contributed by atoms with Gasteiger partial charge in [0.25, 0.3) is 0 Å². The molecule has 84 valence electrons. The van der Waals surface area contributed by atoms with Crippen LogP contribution in [-0.2, 0) is 0 Å². The Labute approximate surface area is 104 Å². The summed E-state index contributed by atoms with van der Waals surface area (Å²) in [4.78, 5) is 0. The van der Waals surface area contributed by atoms with E-state index in [-0.39, 0.29) is 0 Å². The van der Waals surface area contributed by atoms with Crippen molar-refractivity contribution in [2.75, 3.05) is 13.2 Å². The Bertz CT molecular complexity index is 408. The highest BCUT2D eigenvalue weighted by molar-refractivity contribution is 9.10. The van der Waals surface area contributed by atoms with Crippen LogP contribution in [0, 0.1) is 11.3 Å². The van der Waals surface area contributed by atoms with Gasteiger partial charge in [-0.15, -0.1) is 0 Å². The average Bonchev–Trinajstić information content (AvgIpc) is 2.79. The number of halogens is 1. The molecule has 1 unspecified atom stereocenters. The summed E-state index contributed by atoms with van der Waals surface area (Å²) in [5.41, 5.74) is 0.584. The molecule has 1 saturated heterocycles. The lowest BCUT2D eigenvalue weighted by Gasteiger charge is -2.13. The van der Waals surface area contributed by atoms with Crippen molar-refractivity contribution in [3.05, 3.63) is 28.2 Å². The van der Waals surface area contributed by atoms with Crippen LogP contribution in [0.1, 0.15) is 18.4 Å². The quantitative estimate of drug-likeness (QED) is 0.925. The second-order valence-electron chi connectivity index (χ2n) is 3.86. The summed E-state index contributed by atoms with van der Waals surface area (Å²) in [6.07, 6.45) is 2.35. The summed E-state index contributed by atoms with van der Waals surface area (Å²) in [6, 6.07) is 8.01. The normalized spacial score (nSPS) is 19.4. The summed E-state index contributed by atoms with van der Waals surface area (Å²) < 4.78 is 6.61. The molecule has 1 fully saturated rings. The largest absolute Gasteiger partial charge is 0.491 e. The van der Waals surface area contributed by atoms with Gasteiger partial charge in [-0.1, -0.05) is 15.9 Å². The first-order valence-electron chi connectivity index (χ1n) is 5.35. The first-order valence-corrected chi connectivity index (χ1v) is 6.15. The molecule has 0 aromatic heterocycles. The van der Waals surface area contributed by atoms with Crippen LogP contribution in [0.5, 0.6) is 5.75 Å². The van der Waals surface area contributed by atoms with Crippen LogP contribution in [0.25, 0.3) is 0 Å². The number of nitrogens with zero attached hydrogens (tertiary/aromatic N) is 1. The number of hydrogen-bond donors (Lipinski definition) is 1. The van der Waals surface area contributed by atoms with Gasteiger partial charge in [-0.05, 0) is 37.6 Å². The second-order valence-corrected chi connectivity index (χ2v) is 4.77. The topological polar surface area (TPSA) is 45.0 Å². The third-order valence-electron chi connectivity index (χ3n) is 2.67. The molecule has 1 aromatic rings. The van der Waals surface area contributed by atoms with Gasteiger partial charge in [-0.25, -0.2) is 0 Å². The Kier molecular flexibility index (Phi) is 3.81. The zero-order chi connectivity index (χ0) is 11.4.